The molecular formula is C14H13F2N3S. The molecule has 0 fully saturated rings. The van der Waals surface area contributed by atoms with Crippen molar-refractivity contribution in [3.63, 3.8) is 0 Å². The normalized spacial score (nSPS) is 11.2. The molecule has 0 spiro atoms. The van der Waals surface area contributed by atoms with Crippen molar-refractivity contribution in [1.29, 1.82) is 0 Å². The van der Waals surface area contributed by atoms with E-state index in [1.807, 2.05) is 24.4 Å². The summed E-state index contributed by atoms with van der Waals surface area (Å²) in [5.41, 5.74) is 2.00. The quantitative estimate of drug-likeness (QED) is 0.793. The second-order valence-electron chi connectivity index (χ2n) is 4.62. The van der Waals surface area contributed by atoms with Gasteiger partial charge in [-0.2, -0.15) is 0 Å². The van der Waals surface area contributed by atoms with Gasteiger partial charge in [-0.1, -0.05) is 0 Å². The lowest BCUT2D eigenvalue weighted by molar-refractivity contribution is 0.602. The van der Waals surface area contributed by atoms with E-state index in [4.69, 9.17) is 0 Å². The molecule has 3 nitrogen and oxygen atoms in total. The number of halogens is 2. The van der Waals surface area contributed by atoms with Crippen LogP contribution < -0.4 is 5.32 Å². The minimum atomic E-state index is -0.466. The fourth-order valence-corrected chi connectivity index (χ4v) is 3.02. The zero-order valence-corrected chi connectivity index (χ0v) is 11.9. The molecule has 3 rings (SSSR count). The van der Waals surface area contributed by atoms with E-state index in [1.165, 1.54) is 0 Å². The first-order valence-electron chi connectivity index (χ1n) is 6.17. The highest BCUT2D eigenvalue weighted by molar-refractivity contribution is 7.17. The van der Waals surface area contributed by atoms with E-state index in [1.54, 1.807) is 11.3 Å². The molecule has 0 aliphatic rings. The number of benzene rings is 1. The summed E-state index contributed by atoms with van der Waals surface area (Å²) in [5.74, 6) is -0.929. The van der Waals surface area contributed by atoms with Crippen molar-refractivity contribution in [3.05, 3.63) is 52.3 Å². The van der Waals surface area contributed by atoms with Gasteiger partial charge in [0.15, 0.2) is 4.96 Å². The summed E-state index contributed by atoms with van der Waals surface area (Å²) < 4.78 is 28.7. The molecule has 0 saturated carbocycles. The summed E-state index contributed by atoms with van der Waals surface area (Å²) in [7, 11) is 0. The molecule has 0 aliphatic carbocycles. The van der Waals surface area contributed by atoms with Gasteiger partial charge < -0.3 is 5.32 Å². The van der Waals surface area contributed by atoms with E-state index in [9.17, 15) is 8.78 Å². The topological polar surface area (TPSA) is 29.3 Å². The van der Waals surface area contributed by atoms with Gasteiger partial charge in [-0.05, 0) is 32.0 Å². The third-order valence-electron chi connectivity index (χ3n) is 3.12. The number of nitrogens with zero attached hydrogens (tertiary/aromatic N) is 2. The standard InChI is InChI=1S/C14H13F2N3S/c1-8-7-19-13(9(2)18-14(19)20-8)6-17-12-5-10(15)3-4-11(12)16/h3-5,7,17H,6H2,1-2H3. The Morgan fingerprint density at radius 3 is 2.90 bits per heavy atom. The maximum atomic E-state index is 13.6. The van der Waals surface area contributed by atoms with Gasteiger partial charge in [-0.25, -0.2) is 13.8 Å². The second kappa shape index (κ2) is 4.86. The molecule has 0 atom stereocenters. The average Bonchev–Trinajstić information content (AvgIpc) is 2.86. The Morgan fingerprint density at radius 2 is 2.10 bits per heavy atom. The zero-order chi connectivity index (χ0) is 14.3. The largest absolute Gasteiger partial charge is 0.377 e. The third kappa shape index (κ3) is 2.27. The van der Waals surface area contributed by atoms with Crippen molar-refractivity contribution in [1.82, 2.24) is 9.38 Å². The predicted molar refractivity (Wildman–Crippen MR) is 76.2 cm³/mol. The summed E-state index contributed by atoms with van der Waals surface area (Å²) in [6, 6.07) is 3.37. The SMILES string of the molecule is Cc1cn2c(CNc3cc(F)ccc3F)c(C)nc2s1. The van der Waals surface area contributed by atoms with Crippen molar-refractivity contribution in [2.75, 3.05) is 5.32 Å². The Balaban J connectivity index is 1.89. The fourth-order valence-electron chi connectivity index (χ4n) is 2.13. The number of hydrogen-bond acceptors (Lipinski definition) is 3. The molecular weight excluding hydrogens is 280 g/mol. The molecule has 2 heterocycles. The van der Waals surface area contributed by atoms with Crippen LogP contribution in [0.4, 0.5) is 14.5 Å². The van der Waals surface area contributed by atoms with Crippen LogP contribution in [0.15, 0.2) is 24.4 Å². The fraction of sp³-hybridized carbons (Fsp3) is 0.214. The molecule has 1 aromatic carbocycles. The predicted octanol–water partition coefficient (Wildman–Crippen LogP) is 3.90. The number of anilines is 1. The van der Waals surface area contributed by atoms with Crippen LogP contribution in [0, 0.1) is 25.5 Å². The first kappa shape index (κ1) is 13.1. The van der Waals surface area contributed by atoms with Crippen LogP contribution in [-0.2, 0) is 6.54 Å². The number of hydrogen-bond donors (Lipinski definition) is 1. The number of imidazole rings is 1. The van der Waals surface area contributed by atoms with Crippen LogP contribution in [0.25, 0.3) is 4.96 Å². The summed E-state index contributed by atoms with van der Waals surface area (Å²) >= 11 is 1.60. The Morgan fingerprint density at radius 1 is 1.30 bits per heavy atom. The van der Waals surface area contributed by atoms with Gasteiger partial charge in [0.25, 0.3) is 0 Å². The third-order valence-corrected chi connectivity index (χ3v) is 4.01. The monoisotopic (exact) mass is 293 g/mol. The van der Waals surface area contributed by atoms with Gasteiger partial charge in [0, 0.05) is 11.1 Å². The van der Waals surface area contributed by atoms with Crippen LogP contribution >= 0.6 is 11.3 Å². The molecule has 0 aliphatic heterocycles. The van der Waals surface area contributed by atoms with Crippen LogP contribution in [0.3, 0.4) is 0 Å². The lowest BCUT2D eigenvalue weighted by Crippen LogP contribution is -2.05. The summed E-state index contributed by atoms with van der Waals surface area (Å²) in [4.78, 5) is 6.53. The van der Waals surface area contributed by atoms with Gasteiger partial charge >= 0.3 is 0 Å². The molecule has 6 heteroatoms. The smallest absolute Gasteiger partial charge is 0.194 e. The van der Waals surface area contributed by atoms with E-state index in [0.717, 1.165) is 39.4 Å². The molecule has 0 unspecified atom stereocenters. The van der Waals surface area contributed by atoms with Crippen LogP contribution in [0.5, 0.6) is 0 Å². The van der Waals surface area contributed by atoms with Crippen molar-refractivity contribution in [2.45, 2.75) is 20.4 Å². The van der Waals surface area contributed by atoms with Gasteiger partial charge in [0.1, 0.15) is 11.6 Å². The highest BCUT2D eigenvalue weighted by Gasteiger charge is 2.12. The summed E-state index contributed by atoms with van der Waals surface area (Å²) in [5, 5.41) is 2.93. The minimum Gasteiger partial charge on any atom is -0.377 e. The molecule has 0 amide bonds. The number of aryl methyl sites for hydroxylation is 2. The van der Waals surface area contributed by atoms with Crippen LogP contribution in [-0.4, -0.2) is 9.38 Å². The van der Waals surface area contributed by atoms with Crippen molar-refractivity contribution in [3.8, 4) is 0 Å². The maximum Gasteiger partial charge on any atom is 0.194 e. The molecule has 0 radical (unpaired) electrons. The highest BCUT2D eigenvalue weighted by atomic mass is 32.1. The number of aromatic nitrogens is 2. The van der Waals surface area contributed by atoms with Crippen molar-refractivity contribution in [2.24, 2.45) is 0 Å². The Labute approximate surface area is 118 Å². The minimum absolute atomic E-state index is 0.159. The Kier molecular flexibility index (Phi) is 3.17. The Hall–Kier alpha value is -1.95. The summed E-state index contributed by atoms with van der Waals surface area (Å²) in [6.45, 7) is 4.32. The second-order valence-corrected chi connectivity index (χ2v) is 5.83. The van der Waals surface area contributed by atoms with E-state index in [2.05, 4.69) is 10.3 Å². The van der Waals surface area contributed by atoms with Gasteiger partial charge in [0.05, 0.1) is 23.6 Å². The lowest BCUT2D eigenvalue weighted by Gasteiger charge is -2.08. The molecule has 0 saturated heterocycles. The molecule has 20 heavy (non-hydrogen) atoms. The van der Waals surface area contributed by atoms with Gasteiger partial charge in [-0.3, -0.25) is 4.40 Å². The number of fused-ring (bicyclic) bond motifs is 1. The highest BCUT2D eigenvalue weighted by Crippen LogP contribution is 2.22. The van der Waals surface area contributed by atoms with E-state index in [0.29, 0.717) is 6.54 Å². The van der Waals surface area contributed by atoms with Crippen LogP contribution in [0.1, 0.15) is 16.3 Å². The van der Waals surface area contributed by atoms with E-state index in [-0.39, 0.29) is 5.69 Å². The first-order chi connectivity index (χ1) is 9.54. The molecule has 0 bridgehead atoms. The van der Waals surface area contributed by atoms with Gasteiger partial charge in [-0.15, -0.1) is 11.3 Å². The number of nitrogens with one attached hydrogen (secondary N) is 1. The molecule has 3 aromatic rings. The van der Waals surface area contributed by atoms with Gasteiger partial charge in [0.2, 0.25) is 0 Å². The Bertz CT molecular complexity index is 776. The van der Waals surface area contributed by atoms with Crippen molar-refractivity contribution < 1.29 is 8.78 Å². The lowest BCUT2D eigenvalue weighted by atomic mass is 10.2. The maximum absolute atomic E-state index is 13.6. The van der Waals surface area contributed by atoms with Crippen molar-refractivity contribution >= 4 is 22.0 Å². The zero-order valence-electron chi connectivity index (χ0n) is 11.1. The molecule has 1 N–H and O–H groups in total. The molecule has 104 valence electrons. The number of rotatable bonds is 3. The van der Waals surface area contributed by atoms with Crippen LogP contribution in [0.2, 0.25) is 0 Å². The van der Waals surface area contributed by atoms with E-state index < -0.39 is 11.6 Å². The number of thiazole rings is 1. The first-order valence-corrected chi connectivity index (χ1v) is 6.99. The average molecular weight is 293 g/mol. The molecule has 2 aromatic heterocycles. The summed E-state index contributed by atoms with van der Waals surface area (Å²) in [6.07, 6.45) is 2.00. The van der Waals surface area contributed by atoms with E-state index >= 15 is 0 Å².